The second kappa shape index (κ2) is 4.58. The van der Waals surface area contributed by atoms with Crippen LogP contribution in [0.2, 0.25) is 5.02 Å². The van der Waals surface area contributed by atoms with Gasteiger partial charge >= 0.3 is 0 Å². The molecule has 1 aromatic carbocycles. The average Bonchev–Trinajstić information content (AvgIpc) is 3.02. The Morgan fingerprint density at radius 2 is 2.26 bits per heavy atom. The van der Waals surface area contributed by atoms with Crippen LogP contribution in [0.5, 0.6) is 0 Å². The molecule has 0 aliphatic heterocycles. The molecule has 4 heteroatoms. The van der Waals surface area contributed by atoms with E-state index < -0.39 is 0 Å². The van der Waals surface area contributed by atoms with Crippen LogP contribution in [-0.2, 0) is 13.0 Å². The van der Waals surface area contributed by atoms with E-state index in [0.717, 1.165) is 30.5 Å². The number of fused-ring (bicyclic) bond motifs is 3. The van der Waals surface area contributed by atoms with E-state index in [1.165, 1.54) is 39.5 Å². The van der Waals surface area contributed by atoms with Gasteiger partial charge in [0.2, 0.25) is 0 Å². The van der Waals surface area contributed by atoms with Crippen molar-refractivity contribution in [1.82, 2.24) is 10.3 Å². The number of nitrogens with one attached hydrogen (secondary N) is 1. The third-order valence-electron chi connectivity index (χ3n) is 3.82. The van der Waals surface area contributed by atoms with Crippen molar-refractivity contribution >= 4 is 22.9 Å². The minimum absolute atomic E-state index is 0.820. The Kier molecular flexibility index (Phi) is 2.87. The van der Waals surface area contributed by atoms with Gasteiger partial charge < -0.3 is 5.32 Å². The van der Waals surface area contributed by atoms with Crippen LogP contribution in [0.25, 0.3) is 11.3 Å². The summed E-state index contributed by atoms with van der Waals surface area (Å²) < 4.78 is 0. The molecule has 98 valence electrons. The van der Waals surface area contributed by atoms with Crippen molar-refractivity contribution < 1.29 is 0 Å². The first-order chi connectivity index (χ1) is 9.29. The van der Waals surface area contributed by atoms with Gasteiger partial charge in [-0.2, -0.15) is 0 Å². The molecule has 2 nitrogen and oxygen atoms in total. The first-order valence-corrected chi connectivity index (χ1v) is 7.97. The third kappa shape index (κ3) is 2.31. The van der Waals surface area contributed by atoms with E-state index in [9.17, 15) is 0 Å². The number of hydrogen-bond acceptors (Lipinski definition) is 3. The highest BCUT2D eigenvalue weighted by molar-refractivity contribution is 7.12. The topological polar surface area (TPSA) is 24.9 Å². The molecule has 0 amide bonds. The normalized spacial score (nSPS) is 16.5. The minimum atomic E-state index is 0.820. The SMILES string of the molecule is Clc1ccc2c(c1)Cc1sc(CNCC3CC3)nc1-2. The summed E-state index contributed by atoms with van der Waals surface area (Å²) in [5, 5.41) is 5.55. The number of aromatic nitrogens is 1. The monoisotopic (exact) mass is 290 g/mol. The molecule has 0 radical (unpaired) electrons. The van der Waals surface area contributed by atoms with E-state index in [2.05, 4.69) is 17.4 Å². The summed E-state index contributed by atoms with van der Waals surface area (Å²) in [6.07, 6.45) is 3.79. The first-order valence-electron chi connectivity index (χ1n) is 6.77. The van der Waals surface area contributed by atoms with Gasteiger partial charge in [0.1, 0.15) is 5.01 Å². The standard InChI is InChI=1S/C15H15ClN2S/c16-11-3-4-12-10(5-11)6-13-15(12)18-14(19-13)8-17-7-9-1-2-9/h3-5,9,17H,1-2,6-8H2. The average molecular weight is 291 g/mol. The highest BCUT2D eigenvalue weighted by Crippen LogP contribution is 2.40. The maximum absolute atomic E-state index is 6.04. The van der Waals surface area contributed by atoms with Gasteiger partial charge in [0, 0.05) is 28.4 Å². The Balaban J connectivity index is 1.53. The van der Waals surface area contributed by atoms with Gasteiger partial charge in [-0.05, 0) is 43.0 Å². The Hall–Kier alpha value is -0.900. The van der Waals surface area contributed by atoms with Gasteiger partial charge in [-0.1, -0.05) is 17.7 Å². The van der Waals surface area contributed by atoms with Crippen LogP contribution >= 0.6 is 22.9 Å². The molecule has 0 spiro atoms. The molecular weight excluding hydrogens is 276 g/mol. The highest BCUT2D eigenvalue weighted by atomic mass is 35.5. The zero-order chi connectivity index (χ0) is 12.8. The van der Waals surface area contributed by atoms with Crippen molar-refractivity contribution in [3.63, 3.8) is 0 Å². The van der Waals surface area contributed by atoms with E-state index >= 15 is 0 Å². The van der Waals surface area contributed by atoms with E-state index in [1.807, 2.05) is 17.4 Å². The largest absolute Gasteiger partial charge is 0.310 e. The lowest BCUT2D eigenvalue weighted by Gasteiger charge is -2.01. The van der Waals surface area contributed by atoms with Crippen molar-refractivity contribution in [1.29, 1.82) is 0 Å². The van der Waals surface area contributed by atoms with E-state index in [0.29, 0.717) is 0 Å². The second-order valence-corrected chi connectivity index (χ2v) is 7.04. The van der Waals surface area contributed by atoms with Crippen LogP contribution < -0.4 is 5.32 Å². The molecule has 1 saturated carbocycles. The van der Waals surface area contributed by atoms with Crippen molar-refractivity contribution in [3.05, 3.63) is 38.7 Å². The zero-order valence-electron chi connectivity index (χ0n) is 10.6. The van der Waals surface area contributed by atoms with Crippen LogP contribution in [0, 0.1) is 5.92 Å². The highest BCUT2D eigenvalue weighted by Gasteiger charge is 2.24. The fourth-order valence-corrected chi connectivity index (χ4v) is 3.89. The predicted octanol–water partition coefficient (Wildman–Crippen LogP) is 3.87. The van der Waals surface area contributed by atoms with Crippen LogP contribution in [0.15, 0.2) is 18.2 Å². The van der Waals surface area contributed by atoms with Gasteiger partial charge in [0.05, 0.1) is 5.69 Å². The van der Waals surface area contributed by atoms with Crippen molar-refractivity contribution in [2.45, 2.75) is 25.8 Å². The maximum atomic E-state index is 6.04. The molecule has 19 heavy (non-hydrogen) atoms. The van der Waals surface area contributed by atoms with Crippen LogP contribution in [0.1, 0.15) is 28.3 Å². The molecule has 1 heterocycles. The molecule has 0 bridgehead atoms. The van der Waals surface area contributed by atoms with Gasteiger partial charge in [0.25, 0.3) is 0 Å². The molecule has 1 fully saturated rings. The lowest BCUT2D eigenvalue weighted by atomic mass is 10.1. The summed E-state index contributed by atoms with van der Waals surface area (Å²) in [7, 11) is 0. The molecule has 0 atom stereocenters. The number of halogens is 1. The lowest BCUT2D eigenvalue weighted by Crippen LogP contribution is -2.15. The quantitative estimate of drug-likeness (QED) is 0.789. The summed E-state index contributed by atoms with van der Waals surface area (Å²) in [6.45, 7) is 2.06. The fourth-order valence-electron chi connectivity index (χ4n) is 2.62. The second-order valence-electron chi connectivity index (χ2n) is 5.43. The molecule has 4 rings (SSSR count). The van der Waals surface area contributed by atoms with Gasteiger partial charge in [-0.3, -0.25) is 0 Å². The number of benzene rings is 1. The van der Waals surface area contributed by atoms with Crippen molar-refractivity contribution in [2.75, 3.05) is 6.54 Å². The molecule has 2 aromatic rings. The number of thiazole rings is 1. The Labute approximate surface area is 121 Å². The summed E-state index contributed by atoms with van der Waals surface area (Å²) in [5.41, 5.74) is 3.77. The first kappa shape index (κ1) is 11.9. The van der Waals surface area contributed by atoms with E-state index in [1.54, 1.807) is 0 Å². The number of rotatable bonds is 4. The van der Waals surface area contributed by atoms with E-state index in [4.69, 9.17) is 16.6 Å². The summed E-state index contributed by atoms with van der Waals surface area (Å²) in [5.74, 6) is 0.926. The van der Waals surface area contributed by atoms with Crippen LogP contribution in [0.4, 0.5) is 0 Å². The number of nitrogens with zero attached hydrogens (tertiary/aromatic N) is 1. The third-order valence-corrected chi connectivity index (χ3v) is 5.11. The van der Waals surface area contributed by atoms with Gasteiger partial charge in [-0.15, -0.1) is 11.3 Å². The molecule has 1 aromatic heterocycles. The summed E-state index contributed by atoms with van der Waals surface area (Å²) in [6, 6.07) is 6.13. The molecule has 2 aliphatic carbocycles. The molecular formula is C15H15ClN2S. The smallest absolute Gasteiger partial charge is 0.107 e. The minimum Gasteiger partial charge on any atom is -0.310 e. The van der Waals surface area contributed by atoms with E-state index in [-0.39, 0.29) is 0 Å². The molecule has 0 unspecified atom stereocenters. The Bertz CT molecular complexity index is 631. The predicted molar refractivity (Wildman–Crippen MR) is 79.8 cm³/mol. The molecule has 1 N–H and O–H groups in total. The fraction of sp³-hybridized carbons (Fsp3) is 0.400. The maximum Gasteiger partial charge on any atom is 0.107 e. The zero-order valence-corrected chi connectivity index (χ0v) is 12.2. The molecule has 0 saturated heterocycles. The van der Waals surface area contributed by atoms with Crippen molar-refractivity contribution in [2.24, 2.45) is 5.92 Å². The van der Waals surface area contributed by atoms with Gasteiger partial charge in [-0.25, -0.2) is 4.98 Å². The summed E-state index contributed by atoms with van der Waals surface area (Å²) >= 11 is 7.88. The Morgan fingerprint density at radius 1 is 1.37 bits per heavy atom. The summed E-state index contributed by atoms with van der Waals surface area (Å²) in [4.78, 5) is 6.18. The van der Waals surface area contributed by atoms with Gasteiger partial charge in [0.15, 0.2) is 0 Å². The van der Waals surface area contributed by atoms with Crippen LogP contribution in [0.3, 0.4) is 0 Å². The van der Waals surface area contributed by atoms with Crippen LogP contribution in [-0.4, -0.2) is 11.5 Å². The lowest BCUT2D eigenvalue weighted by molar-refractivity contribution is 0.637. The molecule has 2 aliphatic rings. The number of hydrogen-bond donors (Lipinski definition) is 1. The van der Waals surface area contributed by atoms with Crippen molar-refractivity contribution in [3.8, 4) is 11.3 Å². The Morgan fingerprint density at radius 3 is 3.11 bits per heavy atom.